The van der Waals surface area contributed by atoms with Gasteiger partial charge in [-0.25, -0.2) is 0 Å². The molecule has 0 aliphatic carbocycles. The van der Waals surface area contributed by atoms with E-state index in [-0.39, 0.29) is 23.3 Å². The van der Waals surface area contributed by atoms with E-state index in [9.17, 15) is 4.79 Å². The standard InChI is InChI=1S/C17H34N2O/c1-12(2)7-8-15(17(4,5)6)19-16(20)14-9-10-18-13(3)11-14/h12-15,18H,7-11H2,1-6H3,(H,19,20)/t13-,14-,15?/m0/s1. The lowest BCUT2D eigenvalue weighted by Crippen LogP contribution is -2.49. The van der Waals surface area contributed by atoms with E-state index in [0.29, 0.717) is 12.0 Å². The van der Waals surface area contributed by atoms with Gasteiger partial charge >= 0.3 is 0 Å². The molecule has 0 radical (unpaired) electrons. The molecular formula is C17H34N2O. The molecule has 0 spiro atoms. The van der Waals surface area contributed by atoms with Crippen LogP contribution in [-0.2, 0) is 4.79 Å². The van der Waals surface area contributed by atoms with Gasteiger partial charge in [-0.2, -0.15) is 0 Å². The first-order chi connectivity index (χ1) is 9.20. The smallest absolute Gasteiger partial charge is 0.223 e. The Morgan fingerprint density at radius 1 is 1.30 bits per heavy atom. The van der Waals surface area contributed by atoms with Crippen LogP contribution in [0, 0.1) is 17.3 Å². The number of piperidine rings is 1. The minimum Gasteiger partial charge on any atom is -0.353 e. The van der Waals surface area contributed by atoms with Crippen molar-refractivity contribution in [2.24, 2.45) is 17.3 Å². The van der Waals surface area contributed by atoms with Crippen LogP contribution in [0.1, 0.15) is 67.2 Å². The van der Waals surface area contributed by atoms with Crippen molar-refractivity contribution in [3.05, 3.63) is 0 Å². The lowest BCUT2D eigenvalue weighted by atomic mass is 9.82. The van der Waals surface area contributed by atoms with Gasteiger partial charge in [0.15, 0.2) is 0 Å². The van der Waals surface area contributed by atoms with Crippen LogP contribution in [0.2, 0.25) is 0 Å². The molecule has 0 bridgehead atoms. The van der Waals surface area contributed by atoms with E-state index in [0.717, 1.165) is 25.8 Å². The highest BCUT2D eigenvalue weighted by Gasteiger charge is 2.30. The van der Waals surface area contributed by atoms with Crippen molar-refractivity contribution in [1.82, 2.24) is 10.6 Å². The Bertz CT molecular complexity index is 307. The highest BCUT2D eigenvalue weighted by molar-refractivity contribution is 5.79. The van der Waals surface area contributed by atoms with Crippen molar-refractivity contribution in [3.63, 3.8) is 0 Å². The average molecular weight is 282 g/mol. The lowest BCUT2D eigenvalue weighted by Gasteiger charge is -2.35. The number of nitrogens with one attached hydrogen (secondary N) is 2. The molecule has 3 nitrogen and oxygen atoms in total. The third-order valence-electron chi connectivity index (χ3n) is 4.39. The Hall–Kier alpha value is -0.570. The molecule has 1 saturated heterocycles. The largest absolute Gasteiger partial charge is 0.353 e. The summed E-state index contributed by atoms with van der Waals surface area (Å²) >= 11 is 0. The fourth-order valence-electron chi connectivity index (χ4n) is 2.88. The Morgan fingerprint density at radius 3 is 2.45 bits per heavy atom. The molecule has 1 fully saturated rings. The van der Waals surface area contributed by atoms with Crippen LogP contribution in [0.25, 0.3) is 0 Å². The van der Waals surface area contributed by atoms with E-state index in [2.05, 4.69) is 52.2 Å². The van der Waals surface area contributed by atoms with Gasteiger partial charge < -0.3 is 10.6 Å². The molecule has 118 valence electrons. The number of hydrogen-bond donors (Lipinski definition) is 2. The fraction of sp³-hybridized carbons (Fsp3) is 0.941. The lowest BCUT2D eigenvalue weighted by molar-refractivity contribution is -0.127. The number of hydrogen-bond acceptors (Lipinski definition) is 2. The summed E-state index contributed by atoms with van der Waals surface area (Å²) in [6.07, 6.45) is 4.18. The van der Waals surface area contributed by atoms with Crippen molar-refractivity contribution in [2.45, 2.75) is 79.3 Å². The number of carbonyl (C=O) groups excluding carboxylic acids is 1. The molecule has 1 amide bonds. The summed E-state index contributed by atoms with van der Waals surface area (Å²) in [5, 5.41) is 6.75. The van der Waals surface area contributed by atoms with Gasteiger partial charge in [0.25, 0.3) is 0 Å². The van der Waals surface area contributed by atoms with E-state index >= 15 is 0 Å². The van der Waals surface area contributed by atoms with Crippen molar-refractivity contribution >= 4 is 5.91 Å². The average Bonchev–Trinajstić information content (AvgIpc) is 2.32. The van der Waals surface area contributed by atoms with Gasteiger partial charge in [0.05, 0.1) is 0 Å². The normalized spacial score (nSPS) is 25.6. The molecule has 2 N–H and O–H groups in total. The Kier molecular flexibility index (Phi) is 6.50. The van der Waals surface area contributed by atoms with Gasteiger partial charge in [-0.15, -0.1) is 0 Å². The summed E-state index contributed by atoms with van der Waals surface area (Å²) in [5.74, 6) is 1.15. The monoisotopic (exact) mass is 282 g/mol. The van der Waals surface area contributed by atoms with Gasteiger partial charge in [-0.05, 0) is 50.5 Å². The molecule has 1 heterocycles. The predicted molar refractivity (Wildman–Crippen MR) is 85.6 cm³/mol. The van der Waals surface area contributed by atoms with Crippen LogP contribution in [-0.4, -0.2) is 24.5 Å². The second-order valence-corrected chi connectivity index (χ2v) is 7.97. The van der Waals surface area contributed by atoms with Crippen molar-refractivity contribution in [2.75, 3.05) is 6.54 Å². The van der Waals surface area contributed by atoms with E-state index in [4.69, 9.17) is 0 Å². The molecule has 3 atom stereocenters. The van der Waals surface area contributed by atoms with Crippen LogP contribution >= 0.6 is 0 Å². The molecule has 1 aliphatic rings. The number of rotatable bonds is 5. The summed E-state index contributed by atoms with van der Waals surface area (Å²) in [5.41, 5.74) is 0.128. The van der Waals surface area contributed by atoms with Gasteiger partial charge in [-0.3, -0.25) is 4.79 Å². The second-order valence-electron chi connectivity index (χ2n) is 7.97. The Balaban J connectivity index is 2.57. The summed E-state index contributed by atoms with van der Waals surface area (Å²) in [6.45, 7) is 14.3. The highest BCUT2D eigenvalue weighted by Crippen LogP contribution is 2.26. The zero-order chi connectivity index (χ0) is 15.3. The van der Waals surface area contributed by atoms with E-state index in [1.807, 2.05) is 0 Å². The molecular weight excluding hydrogens is 248 g/mol. The maximum absolute atomic E-state index is 12.5. The molecule has 1 rings (SSSR count). The first-order valence-electron chi connectivity index (χ1n) is 8.24. The zero-order valence-electron chi connectivity index (χ0n) is 14.3. The molecule has 1 unspecified atom stereocenters. The van der Waals surface area contributed by atoms with Crippen LogP contribution in [0.5, 0.6) is 0 Å². The molecule has 0 aromatic rings. The van der Waals surface area contributed by atoms with Gasteiger partial charge in [0.2, 0.25) is 5.91 Å². The Morgan fingerprint density at radius 2 is 1.95 bits per heavy atom. The summed E-state index contributed by atoms with van der Waals surface area (Å²) < 4.78 is 0. The third-order valence-corrected chi connectivity index (χ3v) is 4.39. The van der Waals surface area contributed by atoms with Crippen LogP contribution in [0.4, 0.5) is 0 Å². The SMILES string of the molecule is CC(C)CCC(NC(=O)[C@H]1CCN[C@@H](C)C1)C(C)(C)C. The molecule has 0 aromatic heterocycles. The molecule has 20 heavy (non-hydrogen) atoms. The van der Waals surface area contributed by atoms with Crippen LogP contribution < -0.4 is 10.6 Å². The van der Waals surface area contributed by atoms with Gasteiger partial charge in [0, 0.05) is 18.0 Å². The molecule has 0 aromatic carbocycles. The van der Waals surface area contributed by atoms with Crippen molar-refractivity contribution in [1.29, 1.82) is 0 Å². The number of carbonyl (C=O) groups is 1. The summed E-state index contributed by atoms with van der Waals surface area (Å²) in [7, 11) is 0. The Labute approximate surface area is 125 Å². The topological polar surface area (TPSA) is 41.1 Å². The quantitative estimate of drug-likeness (QED) is 0.812. The first kappa shape index (κ1) is 17.5. The van der Waals surface area contributed by atoms with E-state index in [1.165, 1.54) is 6.42 Å². The minimum absolute atomic E-state index is 0.128. The van der Waals surface area contributed by atoms with Gasteiger partial charge in [-0.1, -0.05) is 34.6 Å². The maximum atomic E-state index is 12.5. The third kappa shape index (κ3) is 5.82. The van der Waals surface area contributed by atoms with Gasteiger partial charge in [0.1, 0.15) is 0 Å². The second kappa shape index (κ2) is 7.44. The van der Waals surface area contributed by atoms with E-state index < -0.39 is 0 Å². The predicted octanol–water partition coefficient (Wildman–Crippen LogP) is 3.34. The maximum Gasteiger partial charge on any atom is 0.223 e. The minimum atomic E-state index is 0.128. The molecule has 1 aliphatic heterocycles. The van der Waals surface area contributed by atoms with Crippen LogP contribution in [0.3, 0.4) is 0 Å². The van der Waals surface area contributed by atoms with Crippen molar-refractivity contribution < 1.29 is 4.79 Å². The summed E-state index contributed by atoms with van der Waals surface area (Å²) in [6, 6.07) is 0.742. The van der Waals surface area contributed by atoms with Crippen LogP contribution in [0.15, 0.2) is 0 Å². The van der Waals surface area contributed by atoms with Crippen molar-refractivity contribution in [3.8, 4) is 0 Å². The fourth-order valence-corrected chi connectivity index (χ4v) is 2.88. The molecule has 3 heteroatoms. The molecule has 0 saturated carbocycles. The zero-order valence-corrected chi connectivity index (χ0v) is 14.3. The van der Waals surface area contributed by atoms with E-state index in [1.54, 1.807) is 0 Å². The number of amides is 1. The first-order valence-corrected chi connectivity index (χ1v) is 8.24. The summed E-state index contributed by atoms with van der Waals surface area (Å²) in [4.78, 5) is 12.5. The highest BCUT2D eigenvalue weighted by atomic mass is 16.2.